The number of carbonyl (C=O) groups excluding carboxylic acids is 1. The summed E-state index contributed by atoms with van der Waals surface area (Å²) in [7, 11) is 1.71. The Morgan fingerprint density at radius 1 is 1.55 bits per heavy atom. The predicted octanol–water partition coefficient (Wildman–Crippen LogP) is 3.17. The SMILES string of the molecule is Cc1ccc2c(N)c(C(=O)N(C)C(C)CC#N)sc2c1. The first-order valence-corrected chi connectivity index (χ1v) is 7.20. The van der Waals surface area contributed by atoms with Crippen molar-refractivity contribution in [2.45, 2.75) is 26.3 Å². The van der Waals surface area contributed by atoms with Gasteiger partial charge in [0.2, 0.25) is 0 Å². The number of fused-ring (bicyclic) bond motifs is 1. The molecule has 1 unspecified atom stereocenters. The molecular weight excluding hydrogens is 270 g/mol. The molecule has 104 valence electrons. The highest BCUT2D eigenvalue weighted by Crippen LogP contribution is 2.35. The van der Waals surface area contributed by atoms with Crippen molar-refractivity contribution < 1.29 is 4.79 Å². The van der Waals surface area contributed by atoms with E-state index in [2.05, 4.69) is 6.07 Å². The van der Waals surface area contributed by atoms with E-state index in [1.165, 1.54) is 11.3 Å². The quantitative estimate of drug-likeness (QED) is 0.942. The van der Waals surface area contributed by atoms with E-state index in [9.17, 15) is 4.79 Å². The molecule has 1 amide bonds. The van der Waals surface area contributed by atoms with Crippen molar-refractivity contribution >= 4 is 33.0 Å². The van der Waals surface area contributed by atoms with E-state index in [0.717, 1.165) is 15.6 Å². The summed E-state index contributed by atoms with van der Waals surface area (Å²) >= 11 is 1.41. The molecule has 0 radical (unpaired) electrons. The third-order valence-corrected chi connectivity index (χ3v) is 4.60. The second kappa shape index (κ2) is 5.51. The van der Waals surface area contributed by atoms with Gasteiger partial charge in [0.05, 0.1) is 18.2 Å². The molecule has 0 saturated carbocycles. The van der Waals surface area contributed by atoms with Gasteiger partial charge < -0.3 is 10.6 Å². The van der Waals surface area contributed by atoms with Crippen LogP contribution >= 0.6 is 11.3 Å². The Kier molecular flexibility index (Phi) is 3.96. The smallest absolute Gasteiger partial charge is 0.266 e. The third-order valence-electron chi connectivity index (χ3n) is 3.45. The van der Waals surface area contributed by atoms with Gasteiger partial charge in [0.25, 0.3) is 5.91 Å². The lowest BCUT2D eigenvalue weighted by molar-refractivity contribution is 0.0752. The lowest BCUT2D eigenvalue weighted by Gasteiger charge is -2.22. The highest BCUT2D eigenvalue weighted by atomic mass is 32.1. The molecule has 0 aliphatic rings. The molecule has 0 fully saturated rings. The summed E-state index contributed by atoms with van der Waals surface area (Å²) in [6.45, 7) is 3.87. The molecule has 4 nitrogen and oxygen atoms in total. The highest BCUT2D eigenvalue weighted by Gasteiger charge is 2.22. The maximum atomic E-state index is 12.5. The predicted molar refractivity (Wildman–Crippen MR) is 82.8 cm³/mol. The number of thiophene rings is 1. The molecule has 20 heavy (non-hydrogen) atoms. The molecule has 2 N–H and O–H groups in total. The average molecular weight is 287 g/mol. The van der Waals surface area contributed by atoms with Crippen LogP contribution < -0.4 is 5.73 Å². The molecule has 2 aromatic rings. The van der Waals surface area contributed by atoms with Crippen LogP contribution in [0.25, 0.3) is 10.1 Å². The van der Waals surface area contributed by atoms with E-state index >= 15 is 0 Å². The molecule has 2 rings (SSSR count). The first-order chi connectivity index (χ1) is 9.45. The fraction of sp³-hybridized carbons (Fsp3) is 0.333. The first-order valence-electron chi connectivity index (χ1n) is 6.38. The zero-order valence-electron chi connectivity index (χ0n) is 11.8. The number of nitriles is 1. The van der Waals surface area contributed by atoms with Crippen molar-refractivity contribution in [3.8, 4) is 6.07 Å². The van der Waals surface area contributed by atoms with E-state index < -0.39 is 0 Å². The summed E-state index contributed by atoms with van der Waals surface area (Å²) in [6.07, 6.45) is 0.312. The maximum absolute atomic E-state index is 12.5. The second-order valence-electron chi connectivity index (χ2n) is 4.97. The van der Waals surface area contributed by atoms with Gasteiger partial charge in [-0.2, -0.15) is 5.26 Å². The van der Waals surface area contributed by atoms with Gasteiger partial charge in [-0.25, -0.2) is 0 Å². The van der Waals surface area contributed by atoms with Crippen LogP contribution in [0.4, 0.5) is 5.69 Å². The number of hydrogen-bond acceptors (Lipinski definition) is 4. The van der Waals surface area contributed by atoms with Gasteiger partial charge >= 0.3 is 0 Å². The fourth-order valence-corrected chi connectivity index (χ4v) is 3.22. The zero-order chi connectivity index (χ0) is 14.9. The number of rotatable bonds is 3. The third kappa shape index (κ3) is 2.47. The molecule has 0 aliphatic carbocycles. The molecular formula is C15H17N3OS. The normalized spacial score (nSPS) is 12.1. The van der Waals surface area contributed by atoms with Crippen molar-refractivity contribution in [1.82, 2.24) is 4.90 Å². The standard InChI is InChI=1S/C15H17N3OS/c1-9-4-5-11-12(8-9)20-14(13(11)17)15(19)18(3)10(2)6-7-16/h4-5,8,10H,6,17H2,1-3H3. The Labute approximate surface area is 122 Å². The van der Waals surface area contributed by atoms with Gasteiger partial charge in [0.1, 0.15) is 4.88 Å². The van der Waals surface area contributed by atoms with E-state index in [1.54, 1.807) is 11.9 Å². The number of nitrogen functional groups attached to an aromatic ring is 1. The Bertz CT molecular complexity index is 699. The van der Waals surface area contributed by atoms with Gasteiger partial charge in [-0.3, -0.25) is 4.79 Å². The Hall–Kier alpha value is -2.06. The molecule has 1 aromatic carbocycles. The number of hydrogen-bond donors (Lipinski definition) is 1. The van der Waals surface area contributed by atoms with Gasteiger partial charge in [-0.1, -0.05) is 12.1 Å². The first kappa shape index (κ1) is 14.4. The molecule has 1 heterocycles. The van der Waals surface area contributed by atoms with Crippen molar-refractivity contribution in [1.29, 1.82) is 5.26 Å². The second-order valence-corrected chi connectivity index (χ2v) is 6.02. The Balaban J connectivity index is 2.40. The van der Waals surface area contributed by atoms with Gasteiger partial charge in [-0.15, -0.1) is 11.3 Å². The summed E-state index contributed by atoms with van der Waals surface area (Å²) in [4.78, 5) is 14.6. The number of anilines is 1. The lowest BCUT2D eigenvalue weighted by Crippen LogP contribution is -2.34. The van der Waals surface area contributed by atoms with Crippen LogP contribution in [0.3, 0.4) is 0 Å². The molecule has 0 bridgehead atoms. The van der Waals surface area contributed by atoms with Crippen molar-refractivity contribution in [2.75, 3.05) is 12.8 Å². The van der Waals surface area contributed by atoms with Gasteiger partial charge in [-0.05, 0) is 25.5 Å². The van der Waals surface area contributed by atoms with E-state index in [0.29, 0.717) is 17.0 Å². The summed E-state index contributed by atoms with van der Waals surface area (Å²) < 4.78 is 1.02. The number of aryl methyl sites for hydroxylation is 1. The maximum Gasteiger partial charge on any atom is 0.266 e. The average Bonchev–Trinajstić information content (AvgIpc) is 2.74. The monoisotopic (exact) mass is 287 g/mol. The Morgan fingerprint density at radius 2 is 2.25 bits per heavy atom. The van der Waals surface area contributed by atoms with E-state index in [-0.39, 0.29) is 11.9 Å². The van der Waals surface area contributed by atoms with Crippen LogP contribution in [0.15, 0.2) is 18.2 Å². The Morgan fingerprint density at radius 3 is 2.90 bits per heavy atom. The van der Waals surface area contributed by atoms with Crippen molar-refractivity contribution in [3.05, 3.63) is 28.6 Å². The van der Waals surface area contributed by atoms with E-state index in [4.69, 9.17) is 11.0 Å². The van der Waals surface area contributed by atoms with Crippen LogP contribution in [0.5, 0.6) is 0 Å². The van der Waals surface area contributed by atoms with Gasteiger partial charge in [0, 0.05) is 23.2 Å². The number of amides is 1. The molecule has 5 heteroatoms. The summed E-state index contributed by atoms with van der Waals surface area (Å²) in [6, 6.07) is 7.93. The van der Waals surface area contributed by atoms with Crippen LogP contribution in [0.1, 0.15) is 28.6 Å². The van der Waals surface area contributed by atoms with Crippen molar-refractivity contribution in [3.63, 3.8) is 0 Å². The topological polar surface area (TPSA) is 70.1 Å². The number of nitrogens with zero attached hydrogens (tertiary/aromatic N) is 2. The van der Waals surface area contributed by atoms with E-state index in [1.807, 2.05) is 32.0 Å². The van der Waals surface area contributed by atoms with Crippen LogP contribution in [-0.2, 0) is 0 Å². The van der Waals surface area contributed by atoms with Crippen molar-refractivity contribution in [2.24, 2.45) is 0 Å². The number of benzene rings is 1. The van der Waals surface area contributed by atoms with Crippen LogP contribution in [0.2, 0.25) is 0 Å². The molecule has 0 spiro atoms. The number of nitrogens with two attached hydrogens (primary N) is 1. The van der Waals surface area contributed by atoms with Crippen LogP contribution in [0, 0.1) is 18.3 Å². The van der Waals surface area contributed by atoms with Crippen LogP contribution in [-0.4, -0.2) is 23.9 Å². The summed E-state index contributed by atoms with van der Waals surface area (Å²) in [5.74, 6) is -0.121. The largest absolute Gasteiger partial charge is 0.397 e. The minimum Gasteiger partial charge on any atom is -0.397 e. The summed E-state index contributed by atoms with van der Waals surface area (Å²) in [5.41, 5.74) is 7.78. The molecule has 1 aromatic heterocycles. The molecule has 0 saturated heterocycles. The zero-order valence-corrected chi connectivity index (χ0v) is 12.6. The lowest BCUT2D eigenvalue weighted by atomic mass is 10.1. The fourth-order valence-electron chi connectivity index (χ4n) is 2.01. The minimum atomic E-state index is -0.126. The number of carbonyl (C=O) groups is 1. The van der Waals surface area contributed by atoms with Gasteiger partial charge in [0.15, 0.2) is 0 Å². The minimum absolute atomic E-state index is 0.121. The molecule has 1 atom stereocenters. The highest BCUT2D eigenvalue weighted by molar-refractivity contribution is 7.21. The molecule has 0 aliphatic heterocycles. The summed E-state index contributed by atoms with van der Waals surface area (Å²) in [5, 5.41) is 9.65.